The van der Waals surface area contributed by atoms with Crippen LogP contribution in [-0.2, 0) is 11.8 Å². The number of anilines is 1. The summed E-state index contributed by atoms with van der Waals surface area (Å²) < 4.78 is 3.47. The van der Waals surface area contributed by atoms with Gasteiger partial charge in [-0.15, -0.1) is 11.3 Å². The Labute approximate surface area is 197 Å². The molecule has 5 aromatic heterocycles. The first-order chi connectivity index (χ1) is 16.5. The van der Waals surface area contributed by atoms with Crippen molar-refractivity contribution in [3.8, 4) is 10.4 Å². The average Bonchev–Trinajstić information content (AvgIpc) is 3.12. The predicted molar refractivity (Wildman–Crippen MR) is 130 cm³/mol. The monoisotopic (exact) mass is 474 g/mol. The van der Waals surface area contributed by atoms with Gasteiger partial charge in [0.25, 0.3) is 5.56 Å². The lowest BCUT2D eigenvalue weighted by Gasteiger charge is -2.23. The van der Waals surface area contributed by atoms with Crippen LogP contribution in [0.1, 0.15) is 25.7 Å². The molecule has 2 aliphatic rings. The van der Waals surface area contributed by atoms with Gasteiger partial charge in [0.05, 0.1) is 35.0 Å². The number of carbonyl (C=O) groups excluding carboxylic acids is 1. The van der Waals surface area contributed by atoms with Crippen molar-refractivity contribution in [3.05, 3.63) is 41.2 Å². The number of rotatable bonds is 4. The van der Waals surface area contributed by atoms with Gasteiger partial charge in [0.2, 0.25) is 5.91 Å². The molecule has 10 nitrogen and oxygen atoms in total. The highest BCUT2D eigenvalue weighted by atomic mass is 32.1. The molecule has 34 heavy (non-hydrogen) atoms. The Morgan fingerprint density at radius 2 is 2.12 bits per heavy atom. The molecule has 0 radical (unpaired) electrons. The van der Waals surface area contributed by atoms with Crippen molar-refractivity contribution in [2.45, 2.75) is 31.2 Å². The summed E-state index contributed by atoms with van der Waals surface area (Å²) in [6.45, 7) is 1.37. The van der Waals surface area contributed by atoms with Gasteiger partial charge in [-0.05, 0) is 38.3 Å². The van der Waals surface area contributed by atoms with Gasteiger partial charge >= 0.3 is 0 Å². The standard InChI is InChI=1S/C23H22N8O2S/c1-29-10-13(8-25-29)16-11-31-22(34-16)18-20(28-31)19-15(27-21(18)33)7-14(9-24-19)26-17(32)12-30-6-2-3-23(30)4-5-23/h7-11H,2-6,12H2,1H3,(H,26,32)(H,27,33). The van der Waals surface area contributed by atoms with Crippen molar-refractivity contribution < 1.29 is 4.79 Å². The van der Waals surface area contributed by atoms with Crippen LogP contribution in [0.15, 0.2) is 35.6 Å². The highest BCUT2D eigenvalue weighted by Gasteiger charge is 2.50. The number of nitrogens with zero attached hydrogens (tertiary/aromatic N) is 6. The Morgan fingerprint density at radius 1 is 1.24 bits per heavy atom. The third-order valence-electron chi connectivity index (χ3n) is 7.08. The predicted octanol–water partition coefficient (Wildman–Crippen LogP) is 2.75. The number of likely N-dealkylation sites (tertiary alicyclic amines) is 1. The number of hydrogen-bond donors (Lipinski definition) is 2. The number of thiazole rings is 1. The van der Waals surface area contributed by atoms with Crippen molar-refractivity contribution >= 4 is 49.7 Å². The summed E-state index contributed by atoms with van der Waals surface area (Å²) in [4.78, 5) is 37.2. The molecule has 0 aromatic carbocycles. The lowest BCUT2D eigenvalue weighted by Crippen LogP contribution is -2.38. The van der Waals surface area contributed by atoms with Gasteiger partial charge in [-0.3, -0.25) is 24.2 Å². The van der Waals surface area contributed by atoms with Crippen LogP contribution in [0.5, 0.6) is 0 Å². The fourth-order valence-corrected chi connectivity index (χ4v) is 6.29. The van der Waals surface area contributed by atoms with Crippen LogP contribution in [0.4, 0.5) is 5.69 Å². The van der Waals surface area contributed by atoms with Crippen LogP contribution >= 0.6 is 11.3 Å². The van der Waals surface area contributed by atoms with Crippen molar-refractivity contribution in [1.82, 2.24) is 34.3 Å². The largest absolute Gasteiger partial charge is 0.324 e. The maximum Gasteiger partial charge on any atom is 0.261 e. The summed E-state index contributed by atoms with van der Waals surface area (Å²) in [6, 6.07) is 1.76. The minimum Gasteiger partial charge on any atom is -0.324 e. The second kappa shape index (κ2) is 6.97. The van der Waals surface area contributed by atoms with Gasteiger partial charge in [0.15, 0.2) is 0 Å². The number of aromatic nitrogens is 6. The quantitative estimate of drug-likeness (QED) is 0.414. The maximum absolute atomic E-state index is 13.0. The number of amides is 1. The zero-order chi connectivity index (χ0) is 23.0. The first-order valence-electron chi connectivity index (χ1n) is 11.4. The van der Waals surface area contributed by atoms with Gasteiger partial charge in [0.1, 0.15) is 21.3 Å². The number of aryl methyl sites for hydroxylation is 1. The molecule has 0 bridgehead atoms. The fourth-order valence-electron chi connectivity index (χ4n) is 5.23. The molecule has 1 saturated heterocycles. The minimum atomic E-state index is -0.227. The van der Waals surface area contributed by atoms with E-state index in [2.05, 4.69) is 30.4 Å². The molecule has 1 saturated carbocycles. The van der Waals surface area contributed by atoms with Crippen molar-refractivity contribution in [3.63, 3.8) is 0 Å². The smallest absolute Gasteiger partial charge is 0.261 e. The fraction of sp³-hybridized carbons (Fsp3) is 0.348. The summed E-state index contributed by atoms with van der Waals surface area (Å²) in [5.41, 5.74) is 3.29. The Kier molecular flexibility index (Phi) is 4.07. The number of carbonyl (C=O) groups is 1. The molecule has 1 aliphatic heterocycles. The van der Waals surface area contributed by atoms with Crippen LogP contribution in [0.3, 0.4) is 0 Å². The second-order valence-corrected chi connectivity index (χ2v) is 10.4. The van der Waals surface area contributed by atoms with Gasteiger partial charge < -0.3 is 10.3 Å². The molecular weight excluding hydrogens is 452 g/mol. The molecule has 5 aromatic rings. The number of aromatic amines is 1. The van der Waals surface area contributed by atoms with Crippen LogP contribution in [0.2, 0.25) is 0 Å². The molecule has 6 heterocycles. The number of H-pyrrole nitrogens is 1. The lowest BCUT2D eigenvalue weighted by atomic mass is 10.2. The molecule has 172 valence electrons. The Bertz CT molecular complexity index is 1670. The van der Waals surface area contributed by atoms with Crippen molar-refractivity contribution in [2.75, 3.05) is 18.4 Å². The third kappa shape index (κ3) is 3.00. The van der Waals surface area contributed by atoms with Gasteiger partial charge in [0, 0.05) is 30.5 Å². The van der Waals surface area contributed by atoms with Crippen LogP contribution in [0.25, 0.3) is 37.2 Å². The van der Waals surface area contributed by atoms with Gasteiger partial charge in [-0.25, -0.2) is 4.52 Å². The highest BCUT2D eigenvalue weighted by Crippen LogP contribution is 2.49. The highest BCUT2D eigenvalue weighted by molar-refractivity contribution is 7.21. The van der Waals surface area contributed by atoms with Crippen molar-refractivity contribution in [2.24, 2.45) is 7.05 Å². The van der Waals surface area contributed by atoms with E-state index >= 15 is 0 Å². The molecule has 1 amide bonds. The molecule has 2 fully saturated rings. The topological polar surface area (TPSA) is 113 Å². The molecule has 2 N–H and O–H groups in total. The summed E-state index contributed by atoms with van der Waals surface area (Å²) in [5, 5.41) is 12.3. The van der Waals surface area contributed by atoms with E-state index in [1.807, 2.05) is 19.4 Å². The molecule has 0 atom stereocenters. The third-order valence-corrected chi connectivity index (χ3v) is 8.22. The first-order valence-corrected chi connectivity index (χ1v) is 12.2. The van der Waals surface area contributed by atoms with E-state index in [9.17, 15) is 9.59 Å². The van der Waals surface area contributed by atoms with Crippen LogP contribution in [0, 0.1) is 0 Å². The zero-order valence-electron chi connectivity index (χ0n) is 18.5. The molecule has 7 rings (SSSR count). The van der Waals surface area contributed by atoms with E-state index in [0.29, 0.717) is 34.2 Å². The summed E-state index contributed by atoms with van der Waals surface area (Å²) >= 11 is 1.49. The number of hydrogen-bond acceptors (Lipinski definition) is 7. The molecule has 1 spiro atoms. The normalized spacial score (nSPS) is 17.4. The van der Waals surface area contributed by atoms with Crippen LogP contribution in [-0.4, -0.2) is 58.8 Å². The summed E-state index contributed by atoms with van der Waals surface area (Å²) in [7, 11) is 1.87. The second-order valence-electron chi connectivity index (χ2n) is 9.34. The number of nitrogens with one attached hydrogen (secondary N) is 2. The summed E-state index contributed by atoms with van der Waals surface area (Å²) in [5.74, 6) is -0.0526. The summed E-state index contributed by atoms with van der Waals surface area (Å²) in [6.07, 6.45) is 12.0. The minimum absolute atomic E-state index is 0.0526. The molecule has 11 heteroatoms. The Balaban J connectivity index is 1.22. The average molecular weight is 475 g/mol. The van der Waals surface area contributed by atoms with Crippen molar-refractivity contribution in [1.29, 1.82) is 0 Å². The van der Waals surface area contributed by atoms with Crippen LogP contribution < -0.4 is 10.9 Å². The van der Waals surface area contributed by atoms with Gasteiger partial charge in [-0.2, -0.15) is 10.2 Å². The van der Waals surface area contributed by atoms with E-state index in [1.165, 1.54) is 30.6 Å². The number of pyridine rings is 2. The molecular formula is C23H22N8O2S. The van der Waals surface area contributed by atoms with E-state index < -0.39 is 0 Å². The molecule has 1 aliphatic carbocycles. The molecule has 0 unspecified atom stereocenters. The Hall–Kier alpha value is -3.57. The Morgan fingerprint density at radius 3 is 2.91 bits per heavy atom. The zero-order valence-corrected chi connectivity index (χ0v) is 19.4. The number of fused-ring (bicyclic) bond motifs is 5. The van der Waals surface area contributed by atoms with E-state index in [0.717, 1.165) is 28.2 Å². The van der Waals surface area contributed by atoms with Gasteiger partial charge in [-0.1, -0.05) is 0 Å². The maximum atomic E-state index is 13.0. The van der Waals surface area contributed by atoms with E-state index in [-0.39, 0.29) is 17.0 Å². The SMILES string of the molecule is Cn1cc(-c2cn3nc4c5ncc(NC(=O)CN6CCCC67CC7)cc5[nH]c(=O)c4c3s2)cn1. The lowest BCUT2D eigenvalue weighted by molar-refractivity contribution is -0.117. The van der Waals surface area contributed by atoms with E-state index in [4.69, 9.17) is 0 Å². The first kappa shape index (κ1) is 19.9. The van der Waals surface area contributed by atoms with E-state index in [1.54, 1.807) is 27.7 Å².